The largest absolute Gasteiger partial charge is 0.0843 e. The molecule has 0 aliphatic carbocycles. The standard InChI is InChI=1S/C11H15Cl.C10H13Cl.2C2H6/c1-8-5-9(11(2,3)4)7-10(12)6-8;1-7(2)9-4-8(3)5-10(11)6-9;2*1-2/h5-7H,1-4H3;4-7H,1-3H3;2*1-2H3. The van der Waals surface area contributed by atoms with Crippen molar-refractivity contribution in [2.45, 2.75) is 87.5 Å². The Morgan fingerprint density at radius 3 is 1.41 bits per heavy atom. The van der Waals surface area contributed by atoms with E-state index in [1.807, 2.05) is 52.0 Å². The van der Waals surface area contributed by atoms with Gasteiger partial charge in [-0.05, 0) is 71.7 Å². The summed E-state index contributed by atoms with van der Waals surface area (Å²) in [4.78, 5) is 0. The summed E-state index contributed by atoms with van der Waals surface area (Å²) in [6, 6.07) is 12.4. The van der Waals surface area contributed by atoms with Crippen LogP contribution in [-0.4, -0.2) is 0 Å². The zero-order valence-electron chi connectivity index (χ0n) is 19.3. The lowest BCUT2D eigenvalue weighted by Crippen LogP contribution is -2.10. The third-order valence-corrected chi connectivity index (χ3v) is 4.08. The summed E-state index contributed by atoms with van der Waals surface area (Å²) in [6.07, 6.45) is 0. The number of benzene rings is 2. The van der Waals surface area contributed by atoms with Gasteiger partial charge < -0.3 is 0 Å². The Morgan fingerprint density at radius 2 is 1.07 bits per heavy atom. The van der Waals surface area contributed by atoms with Crippen molar-refractivity contribution in [1.29, 1.82) is 0 Å². The normalized spacial score (nSPS) is 10.0. The van der Waals surface area contributed by atoms with Gasteiger partial charge in [0.25, 0.3) is 0 Å². The van der Waals surface area contributed by atoms with Crippen molar-refractivity contribution in [3.8, 4) is 0 Å². The van der Waals surface area contributed by atoms with Crippen LogP contribution in [0.15, 0.2) is 36.4 Å². The highest BCUT2D eigenvalue weighted by atomic mass is 35.5. The quantitative estimate of drug-likeness (QED) is 0.438. The van der Waals surface area contributed by atoms with E-state index in [0.717, 1.165) is 10.0 Å². The minimum Gasteiger partial charge on any atom is -0.0843 e. The fourth-order valence-corrected chi connectivity index (χ4v) is 2.86. The fourth-order valence-electron chi connectivity index (χ4n) is 2.27. The van der Waals surface area contributed by atoms with Gasteiger partial charge in [-0.3, -0.25) is 0 Å². The average molecular weight is 412 g/mol. The first-order valence-electron chi connectivity index (χ1n) is 10.0. The van der Waals surface area contributed by atoms with E-state index in [-0.39, 0.29) is 5.41 Å². The van der Waals surface area contributed by atoms with Gasteiger partial charge in [-0.1, -0.05) is 97.6 Å². The van der Waals surface area contributed by atoms with Crippen molar-refractivity contribution in [3.05, 3.63) is 68.7 Å². The first-order chi connectivity index (χ1) is 12.5. The molecule has 0 heterocycles. The number of halogens is 2. The molecule has 0 bridgehead atoms. The Morgan fingerprint density at radius 1 is 0.667 bits per heavy atom. The molecular weight excluding hydrogens is 371 g/mol. The molecule has 0 aliphatic heterocycles. The van der Waals surface area contributed by atoms with Crippen molar-refractivity contribution in [3.63, 3.8) is 0 Å². The Labute approximate surface area is 179 Å². The maximum Gasteiger partial charge on any atom is 0.0411 e. The van der Waals surface area contributed by atoms with E-state index in [2.05, 4.69) is 60.6 Å². The highest BCUT2D eigenvalue weighted by Crippen LogP contribution is 2.26. The number of rotatable bonds is 1. The predicted octanol–water partition coefficient (Wildman–Crippen LogP) is 9.77. The van der Waals surface area contributed by atoms with Gasteiger partial charge in [-0.25, -0.2) is 0 Å². The average Bonchev–Trinajstić information content (AvgIpc) is 2.56. The van der Waals surface area contributed by atoms with Crippen LogP contribution >= 0.6 is 23.2 Å². The van der Waals surface area contributed by atoms with Crippen LogP contribution in [0.1, 0.15) is 90.5 Å². The molecule has 0 aliphatic rings. The van der Waals surface area contributed by atoms with Crippen LogP contribution < -0.4 is 0 Å². The minimum atomic E-state index is 0.190. The van der Waals surface area contributed by atoms with E-state index in [9.17, 15) is 0 Å². The van der Waals surface area contributed by atoms with Crippen LogP contribution in [0.4, 0.5) is 0 Å². The highest BCUT2D eigenvalue weighted by Gasteiger charge is 2.13. The zero-order chi connectivity index (χ0) is 21.8. The maximum absolute atomic E-state index is 5.96. The molecule has 2 aromatic carbocycles. The van der Waals surface area contributed by atoms with Crippen LogP contribution in [0.5, 0.6) is 0 Å². The third kappa shape index (κ3) is 12.2. The van der Waals surface area contributed by atoms with Gasteiger partial charge in [0.1, 0.15) is 0 Å². The summed E-state index contributed by atoms with van der Waals surface area (Å²) in [5.74, 6) is 0.562. The second-order valence-corrected chi connectivity index (χ2v) is 8.36. The lowest BCUT2D eigenvalue weighted by Gasteiger charge is -2.19. The molecule has 0 spiro atoms. The minimum absolute atomic E-state index is 0.190. The summed E-state index contributed by atoms with van der Waals surface area (Å²) in [6.45, 7) is 23.1. The van der Waals surface area contributed by atoms with Crippen LogP contribution in [-0.2, 0) is 5.41 Å². The van der Waals surface area contributed by atoms with Crippen LogP contribution in [0.2, 0.25) is 10.0 Å². The molecule has 0 atom stereocenters. The van der Waals surface area contributed by atoms with Gasteiger partial charge in [0.15, 0.2) is 0 Å². The smallest absolute Gasteiger partial charge is 0.0411 e. The van der Waals surface area contributed by atoms with Gasteiger partial charge in [-0.2, -0.15) is 0 Å². The lowest BCUT2D eigenvalue weighted by molar-refractivity contribution is 0.590. The summed E-state index contributed by atoms with van der Waals surface area (Å²) >= 11 is 11.9. The van der Waals surface area contributed by atoms with E-state index in [0.29, 0.717) is 5.92 Å². The van der Waals surface area contributed by atoms with Crippen molar-refractivity contribution in [2.75, 3.05) is 0 Å². The number of aryl methyl sites for hydroxylation is 2. The summed E-state index contributed by atoms with van der Waals surface area (Å²) in [5, 5.41) is 1.67. The Kier molecular flexibility index (Phi) is 14.7. The maximum atomic E-state index is 5.96. The van der Waals surface area contributed by atoms with E-state index in [1.165, 1.54) is 22.3 Å². The molecule has 0 N–H and O–H groups in total. The summed E-state index contributed by atoms with van der Waals surface area (Å²) < 4.78 is 0. The third-order valence-electron chi connectivity index (χ3n) is 3.64. The van der Waals surface area contributed by atoms with Crippen molar-refractivity contribution < 1.29 is 0 Å². The van der Waals surface area contributed by atoms with Crippen molar-refractivity contribution in [1.82, 2.24) is 0 Å². The van der Waals surface area contributed by atoms with Gasteiger partial charge in [0.05, 0.1) is 0 Å². The molecule has 0 amide bonds. The van der Waals surface area contributed by atoms with Crippen molar-refractivity contribution >= 4 is 23.2 Å². The van der Waals surface area contributed by atoms with Gasteiger partial charge in [0.2, 0.25) is 0 Å². The second kappa shape index (κ2) is 14.1. The Balaban J connectivity index is 0. The topological polar surface area (TPSA) is 0 Å². The molecule has 0 nitrogen and oxygen atoms in total. The Hall–Kier alpha value is -0.980. The molecule has 2 rings (SSSR count). The molecule has 27 heavy (non-hydrogen) atoms. The summed E-state index contributed by atoms with van der Waals surface area (Å²) in [5.41, 5.74) is 5.27. The first kappa shape index (κ1) is 28.2. The van der Waals surface area contributed by atoms with Gasteiger partial charge in [-0.15, -0.1) is 0 Å². The molecular formula is C25H40Cl2. The molecule has 0 saturated heterocycles. The van der Waals surface area contributed by atoms with Gasteiger partial charge >= 0.3 is 0 Å². The van der Waals surface area contributed by atoms with Crippen LogP contribution in [0.25, 0.3) is 0 Å². The molecule has 0 radical (unpaired) electrons. The highest BCUT2D eigenvalue weighted by molar-refractivity contribution is 6.31. The molecule has 0 unspecified atom stereocenters. The Bertz CT molecular complexity index is 609. The zero-order valence-corrected chi connectivity index (χ0v) is 20.8. The molecule has 154 valence electrons. The lowest BCUT2D eigenvalue weighted by atomic mass is 9.86. The van der Waals surface area contributed by atoms with Crippen LogP contribution in [0.3, 0.4) is 0 Å². The van der Waals surface area contributed by atoms with E-state index >= 15 is 0 Å². The molecule has 0 saturated carbocycles. The van der Waals surface area contributed by atoms with Gasteiger partial charge in [0, 0.05) is 10.0 Å². The first-order valence-corrected chi connectivity index (χ1v) is 10.8. The van der Waals surface area contributed by atoms with E-state index < -0.39 is 0 Å². The monoisotopic (exact) mass is 410 g/mol. The predicted molar refractivity (Wildman–Crippen MR) is 128 cm³/mol. The second-order valence-electron chi connectivity index (χ2n) is 7.48. The number of hydrogen-bond donors (Lipinski definition) is 0. The fraction of sp³-hybridized carbons (Fsp3) is 0.520. The van der Waals surface area contributed by atoms with Crippen LogP contribution in [0, 0.1) is 13.8 Å². The van der Waals surface area contributed by atoms with Crippen molar-refractivity contribution in [2.24, 2.45) is 0 Å². The molecule has 2 aromatic rings. The number of hydrogen-bond acceptors (Lipinski definition) is 0. The molecule has 0 aromatic heterocycles. The SMILES string of the molecule is CC.CC.Cc1cc(Cl)cc(C(C)(C)C)c1.Cc1cc(Cl)cc(C(C)C)c1. The van der Waals surface area contributed by atoms with E-state index in [1.54, 1.807) is 0 Å². The molecule has 0 fully saturated rings. The molecule has 2 heteroatoms. The van der Waals surface area contributed by atoms with E-state index in [4.69, 9.17) is 23.2 Å². The summed E-state index contributed by atoms with van der Waals surface area (Å²) in [7, 11) is 0.